The Hall–Kier alpha value is -3.01. The fourth-order valence-corrected chi connectivity index (χ4v) is 3.17. The monoisotopic (exact) mass is 376 g/mol. The molecule has 1 amide bonds. The quantitative estimate of drug-likeness (QED) is 0.556. The first-order valence-electron chi connectivity index (χ1n) is 9.75. The van der Waals surface area contributed by atoms with E-state index in [9.17, 15) is 4.79 Å². The highest BCUT2D eigenvalue weighted by Crippen LogP contribution is 2.30. The number of fused-ring (bicyclic) bond motifs is 1. The predicted molar refractivity (Wildman–Crippen MR) is 115 cm³/mol. The molecule has 0 fully saturated rings. The van der Waals surface area contributed by atoms with Gasteiger partial charge < -0.3 is 14.6 Å². The van der Waals surface area contributed by atoms with Gasteiger partial charge >= 0.3 is 0 Å². The van der Waals surface area contributed by atoms with Gasteiger partial charge in [0.25, 0.3) is 5.91 Å². The van der Waals surface area contributed by atoms with Gasteiger partial charge in [-0.3, -0.25) is 4.79 Å². The van der Waals surface area contributed by atoms with Gasteiger partial charge in [-0.15, -0.1) is 0 Å². The van der Waals surface area contributed by atoms with E-state index in [1.54, 1.807) is 6.08 Å². The van der Waals surface area contributed by atoms with Gasteiger partial charge in [0, 0.05) is 18.0 Å². The van der Waals surface area contributed by atoms with Crippen molar-refractivity contribution in [3.05, 3.63) is 78.0 Å². The maximum Gasteiger partial charge on any atom is 0.268 e. The minimum absolute atomic E-state index is 0.0627. The first-order chi connectivity index (χ1) is 13.5. The third kappa shape index (κ3) is 4.28. The average molecular weight is 377 g/mol. The van der Waals surface area contributed by atoms with Crippen LogP contribution in [0.2, 0.25) is 0 Å². The van der Waals surface area contributed by atoms with Gasteiger partial charge in [-0.05, 0) is 44.0 Å². The van der Waals surface area contributed by atoms with Crippen LogP contribution in [0.4, 0.5) is 0 Å². The van der Waals surface area contributed by atoms with E-state index in [0.29, 0.717) is 18.8 Å². The van der Waals surface area contributed by atoms with Crippen LogP contribution in [-0.4, -0.2) is 23.1 Å². The summed E-state index contributed by atoms with van der Waals surface area (Å²) in [5.74, 6) is 0.699. The number of aromatic nitrogens is 1. The van der Waals surface area contributed by atoms with Gasteiger partial charge in [-0.25, -0.2) is 0 Å². The molecular formula is C24H28N2O2. The molecule has 1 aromatic heterocycles. The van der Waals surface area contributed by atoms with Gasteiger partial charge in [0.2, 0.25) is 0 Å². The Bertz CT molecular complexity index is 970. The summed E-state index contributed by atoms with van der Waals surface area (Å²) in [4.78, 5) is 13.0. The molecule has 0 aliphatic rings. The lowest BCUT2D eigenvalue weighted by atomic mass is 10.1. The van der Waals surface area contributed by atoms with E-state index in [0.717, 1.165) is 28.6 Å². The van der Waals surface area contributed by atoms with Crippen LogP contribution in [0.15, 0.2) is 61.2 Å². The van der Waals surface area contributed by atoms with E-state index in [1.165, 1.54) is 5.56 Å². The van der Waals surface area contributed by atoms with Crippen LogP contribution in [0.1, 0.15) is 41.9 Å². The van der Waals surface area contributed by atoms with Crippen molar-refractivity contribution in [1.82, 2.24) is 9.88 Å². The van der Waals surface area contributed by atoms with Crippen LogP contribution in [0.3, 0.4) is 0 Å². The number of hydrogen-bond acceptors (Lipinski definition) is 2. The van der Waals surface area contributed by atoms with Crippen molar-refractivity contribution in [1.29, 1.82) is 0 Å². The van der Waals surface area contributed by atoms with Crippen LogP contribution < -0.4 is 10.1 Å². The van der Waals surface area contributed by atoms with Crippen LogP contribution >= 0.6 is 0 Å². The first kappa shape index (κ1) is 19.7. The third-order valence-corrected chi connectivity index (χ3v) is 4.95. The normalized spacial score (nSPS) is 12.0. The number of rotatable bonds is 8. The molecule has 0 radical (unpaired) electrons. The lowest BCUT2D eigenvalue weighted by molar-refractivity contribution is 0.0931. The van der Waals surface area contributed by atoms with Crippen molar-refractivity contribution >= 4 is 16.8 Å². The standard InChI is InChI=1S/C24H28N2O2/c1-5-14-28-23-9-7-8-21-20(23)15-22(24(27)25-18(4)6-2)26(21)16-19-12-10-17(3)11-13-19/h5,7-13,15,18H,1,6,14,16H2,2-4H3,(H,25,27). The van der Waals surface area contributed by atoms with Gasteiger partial charge in [0.1, 0.15) is 18.1 Å². The summed E-state index contributed by atoms with van der Waals surface area (Å²) in [6.45, 7) is 10.9. The number of carbonyl (C=O) groups is 1. The number of aryl methyl sites for hydroxylation is 1. The number of hydrogen-bond donors (Lipinski definition) is 1. The molecule has 28 heavy (non-hydrogen) atoms. The highest BCUT2D eigenvalue weighted by molar-refractivity contribution is 6.00. The Labute approximate surface area is 166 Å². The second-order valence-corrected chi connectivity index (χ2v) is 7.17. The molecule has 0 aliphatic carbocycles. The number of ether oxygens (including phenoxy) is 1. The van der Waals surface area contributed by atoms with E-state index in [1.807, 2.05) is 31.2 Å². The molecule has 1 heterocycles. The maximum absolute atomic E-state index is 13.0. The van der Waals surface area contributed by atoms with Crippen LogP contribution in [0.5, 0.6) is 5.75 Å². The van der Waals surface area contributed by atoms with Crippen LogP contribution in [0.25, 0.3) is 10.9 Å². The average Bonchev–Trinajstić information content (AvgIpc) is 3.07. The maximum atomic E-state index is 13.0. The second-order valence-electron chi connectivity index (χ2n) is 7.17. The first-order valence-corrected chi connectivity index (χ1v) is 9.75. The van der Waals surface area contributed by atoms with Crippen molar-refractivity contribution in [2.75, 3.05) is 6.61 Å². The molecule has 3 aromatic rings. The van der Waals surface area contributed by atoms with E-state index in [2.05, 4.69) is 54.6 Å². The minimum atomic E-state index is -0.0627. The molecular weight excluding hydrogens is 348 g/mol. The fourth-order valence-electron chi connectivity index (χ4n) is 3.17. The summed E-state index contributed by atoms with van der Waals surface area (Å²) >= 11 is 0. The van der Waals surface area contributed by atoms with Crippen molar-refractivity contribution in [3.8, 4) is 5.75 Å². The summed E-state index contributed by atoms with van der Waals surface area (Å²) in [6.07, 6.45) is 2.61. The van der Waals surface area contributed by atoms with Crippen molar-refractivity contribution in [2.24, 2.45) is 0 Å². The summed E-state index contributed by atoms with van der Waals surface area (Å²) in [7, 11) is 0. The van der Waals surface area contributed by atoms with E-state index < -0.39 is 0 Å². The molecule has 0 aliphatic heterocycles. The van der Waals surface area contributed by atoms with Gasteiger partial charge in [0.05, 0.1) is 5.52 Å². The number of nitrogens with zero attached hydrogens (tertiary/aromatic N) is 1. The number of nitrogens with one attached hydrogen (secondary N) is 1. The Balaban J connectivity index is 2.08. The summed E-state index contributed by atoms with van der Waals surface area (Å²) in [5.41, 5.74) is 4.00. The molecule has 1 unspecified atom stereocenters. The molecule has 0 saturated heterocycles. The predicted octanol–water partition coefficient (Wildman–Crippen LogP) is 5.09. The van der Waals surface area contributed by atoms with Gasteiger partial charge in [-0.2, -0.15) is 0 Å². The topological polar surface area (TPSA) is 43.3 Å². The Morgan fingerprint density at radius 2 is 2.00 bits per heavy atom. The molecule has 1 atom stereocenters. The summed E-state index contributed by atoms with van der Waals surface area (Å²) in [6, 6.07) is 16.4. The third-order valence-electron chi connectivity index (χ3n) is 4.95. The van der Waals surface area contributed by atoms with Crippen LogP contribution in [0, 0.1) is 6.92 Å². The molecule has 2 aromatic carbocycles. The zero-order valence-electron chi connectivity index (χ0n) is 16.9. The van der Waals surface area contributed by atoms with E-state index in [-0.39, 0.29) is 11.9 Å². The summed E-state index contributed by atoms with van der Waals surface area (Å²) in [5, 5.41) is 4.02. The van der Waals surface area contributed by atoms with E-state index >= 15 is 0 Å². The summed E-state index contributed by atoms with van der Waals surface area (Å²) < 4.78 is 7.89. The number of amides is 1. The Morgan fingerprint density at radius 1 is 1.25 bits per heavy atom. The molecule has 0 spiro atoms. The molecule has 4 heteroatoms. The Kier molecular flexibility index (Phi) is 6.19. The molecule has 0 bridgehead atoms. The second kappa shape index (κ2) is 8.79. The zero-order chi connectivity index (χ0) is 20.1. The Morgan fingerprint density at radius 3 is 2.68 bits per heavy atom. The van der Waals surface area contributed by atoms with Crippen molar-refractivity contribution in [2.45, 2.75) is 39.8 Å². The SMILES string of the molecule is C=CCOc1cccc2c1cc(C(=O)NC(C)CC)n2Cc1ccc(C)cc1. The molecule has 0 saturated carbocycles. The van der Waals surface area contributed by atoms with Crippen molar-refractivity contribution in [3.63, 3.8) is 0 Å². The highest BCUT2D eigenvalue weighted by atomic mass is 16.5. The minimum Gasteiger partial charge on any atom is -0.489 e. The highest BCUT2D eigenvalue weighted by Gasteiger charge is 2.19. The number of carbonyl (C=O) groups excluding carboxylic acids is 1. The lowest BCUT2D eigenvalue weighted by Crippen LogP contribution is -2.33. The smallest absolute Gasteiger partial charge is 0.268 e. The van der Waals surface area contributed by atoms with E-state index in [4.69, 9.17) is 4.74 Å². The fraction of sp³-hybridized carbons (Fsp3) is 0.292. The molecule has 146 valence electrons. The molecule has 3 rings (SSSR count). The largest absolute Gasteiger partial charge is 0.489 e. The van der Waals surface area contributed by atoms with Crippen molar-refractivity contribution < 1.29 is 9.53 Å². The molecule has 4 nitrogen and oxygen atoms in total. The lowest BCUT2D eigenvalue weighted by Gasteiger charge is -2.14. The van der Waals surface area contributed by atoms with Crippen LogP contribution in [-0.2, 0) is 6.54 Å². The van der Waals surface area contributed by atoms with Gasteiger partial charge in [0.15, 0.2) is 0 Å². The molecule has 1 N–H and O–H groups in total. The van der Waals surface area contributed by atoms with Gasteiger partial charge in [-0.1, -0.05) is 55.5 Å². The zero-order valence-corrected chi connectivity index (χ0v) is 16.9. The number of benzene rings is 2.